The third kappa shape index (κ3) is 6.40. The van der Waals surface area contributed by atoms with Crippen LogP contribution in [0.25, 0.3) is 0 Å². The van der Waals surface area contributed by atoms with Crippen LogP contribution in [0, 0.1) is 0 Å². The maximum Gasteiger partial charge on any atom is 0.318 e. The molecular weight excluding hydrogens is 352 g/mol. The lowest BCUT2D eigenvalue weighted by Gasteiger charge is -2.41. The van der Waals surface area contributed by atoms with Crippen LogP contribution in [-0.4, -0.2) is 97.4 Å². The van der Waals surface area contributed by atoms with Crippen molar-refractivity contribution in [2.75, 3.05) is 42.7 Å². The monoisotopic (exact) mass is 384 g/mol. The van der Waals surface area contributed by atoms with E-state index in [-0.39, 0.29) is 0 Å². The Bertz CT molecular complexity index is 353. The number of ether oxygens (including phenoxy) is 6. The van der Waals surface area contributed by atoms with Crippen molar-refractivity contribution >= 4 is 26.5 Å². The quantitative estimate of drug-likeness (QED) is 0.299. The van der Waals surface area contributed by atoms with Crippen molar-refractivity contribution in [2.45, 2.75) is 36.1 Å². The molecule has 0 bridgehead atoms. The van der Waals surface area contributed by atoms with Gasteiger partial charge < -0.3 is 34.2 Å². The summed E-state index contributed by atoms with van der Waals surface area (Å²) in [5.74, 6) is 0. The molecule has 0 rings (SSSR count). The van der Waals surface area contributed by atoms with Crippen molar-refractivity contribution in [3.63, 3.8) is 0 Å². The number of amides is 2. The zero-order chi connectivity index (χ0) is 19.0. The van der Waals surface area contributed by atoms with E-state index in [1.165, 1.54) is 19.1 Å². The molecule has 0 heterocycles. The van der Waals surface area contributed by atoms with Crippen LogP contribution in [0.5, 0.6) is 0 Å². The number of hydrogen-bond donors (Lipinski definition) is 1. The van der Waals surface area contributed by atoms with E-state index in [1.54, 1.807) is 28.4 Å². The average molecular weight is 385 g/mol. The van der Waals surface area contributed by atoms with Crippen LogP contribution in [0.4, 0.5) is 4.79 Å². The molecule has 2 unspecified atom stereocenters. The first-order valence-corrected chi connectivity index (χ1v) is 9.49. The predicted octanol–water partition coefficient (Wildman–Crippen LogP) is -2.28. The Balaban J connectivity index is 5.50. The molecule has 0 aromatic rings. The van der Waals surface area contributed by atoms with Gasteiger partial charge in [-0.05, 0) is 0 Å². The van der Waals surface area contributed by atoms with Gasteiger partial charge in [-0.2, -0.15) is 0 Å². The first kappa shape index (κ1) is 23.5. The van der Waals surface area contributed by atoms with Crippen LogP contribution in [0.3, 0.4) is 0 Å². The Hall–Kier alpha value is -0.536. The van der Waals surface area contributed by atoms with Gasteiger partial charge in [-0.15, -0.1) is 0 Å². The normalized spacial score (nSPS) is 15.4. The highest BCUT2D eigenvalue weighted by Crippen LogP contribution is 2.25. The molecule has 24 heavy (non-hydrogen) atoms. The summed E-state index contributed by atoms with van der Waals surface area (Å²) in [7, 11) is 10.3. The molecule has 11 heteroatoms. The minimum absolute atomic E-state index is 0.291. The summed E-state index contributed by atoms with van der Waals surface area (Å²) in [6.45, 7) is 0. The number of primary amides is 1. The molecule has 0 aromatic carbocycles. The van der Waals surface area contributed by atoms with Gasteiger partial charge in [-0.3, -0.25) is 4.90 Å². The zero-order valence-corrected chi connectivity index (χ0v) is 20.0. The summed E-state index contributed by atoms with van der Waals surface area (Å²) in [5, 5.41) is 0. The van der Waals surface area contributed by atoms with E-state index in [9.17, 15) is 4.79 Å². The highest BCUT2D eigenvalue weighted by atomic mass is 28.2. The summed E-state index contributed by atoms with van der Waals surface area (Å²) < 4.78 is 32.6. The van der Waals surface area contributed by atoms with Gasteiger partial charge in [0.15, 0.2) is 0 Å². The lowest BCUT2D eigenvalue weighted by atomic mass is 10.2. The van der Waals surface area contributed by atoms with Gasteiger partial charge in [0.2, 0.25) is 0 Å². The van der Waals surface area contributed by atoms with Crippen LogP contribution in [0.2, 0.25) is 0 Å². The molecule has 9 nitrogen and oxygen atoms in total. The van der Waals surface area contributed by atoms with Gasteiger partial charge in [-0.25, -0.2) is 4.79 Å². The number of methoxy groups -OCH3 is 6. The molecule has 0 spiro atoms. The molecular formula is C13H32N2O7Si2. The second-order valence-corrected chi connectivity index (χ2v) is 8.67. The molecule has 0 aliphatic heterocycles. The number of carbonyl (C=O) groups excluding carboxylic acids is 1. The van der Waals surface area contributed by atoms with E-state index < -0.39 is 29.3 Å². The molecule has 2 N–H and O–H groups in total. The molecule has 0 saturated heterocycles. The topological polar surface area (TPSA) is 102 Å². The van der Waals surface area contributed by atoms with E-state index in [0.717, 1.165) is 0 Å². The third-order valence-electron chi connectivity index (χ3n) is 4.24. The Morgan fingerprint density at radius 3 is 1.33 bits per heavy atom. The van der Waals surface area contributed by atoms with Crippen LogP contribution >= 0.6 is 0 Å². The van der Waals surface area contributed by atoms with Crippen molar-refractivity contribution in [3.8, 4) is 0 Å². The largest absolute Gasteiger partial charge is 0.361 e. The average Bonchev–Trinajstić information content (AvgIpc) is 2.59. The minimum Gasteiger partial charge on any atom is -0.361 e. The SMILES string of the molecule is COC(CC([SiH3])(OC)OC)N(C(N)=O)C(CC([SiH3])(OC)OC)OC. The van der Waals surface area contributed by atoms with Crippen molar-refractivity contribution in [2.24, 2.45) is 5.73 Å². The Morgan fingerprint density at radius 1 is 0.875 bits per heavy atom. The molecule has 0 aliphatic rings. The molecule has 0 aliphatic carbocycles. The maximum atomic E-state index is 12.1. The number of nitrogens with two attached hydrogens (primary N) is 1. The summed E-state index contributed by atoms with van der Waals surface area (Å²) in [6, 6.07) is -0.679. The molecule has 144 valence electrons. The van der Waals surface area contributed by atoms with E-state index in [2.05, 4.69) is 0 Å². The van der Waals surface area contributed by atoms with E-state index in [4.69, 9.17) is 34.2 Å². The van der Waals surface area contributed by atoms with Crippen molar-refractivity contribution in [1.29, 1.82) is 0 Å². The summed E-state index contributed by atoms with van der Waals surface area (Å²) in [5.41, 5.74) is 3.96. The first-order chi connectivity index (χ1) is 11.2. The minimum atomic E-state index is -0.812. The lowest BCUT2D eigenvalue weighted by molar-refractivity contribution is -0.210. The second kappa shape index (κ2) is 10.5. The predicted molar refractivity (Wildman–Crippen MR) is 95.6 cm³/mol. The smallest absolute Gasteiger partial charge is 0.318 e. The molecule has 0 fully saturated rings. The van der Waals surface area contributed by atoms with Crippen LogP contribution in [0.1, 0.15) is 12.8 Å². The van der Waals surface area contributed by atoms with Crippen molar-refractivity contribution in [1.82, 2.24) is 4.90 Å². The first-order valence-electron chi connectivity index (χ1n) is 7.49. The maximum absolute atomic E-state index is 12.1. The second-order valence-electron chi connectivity index (χ2n) is 5.62. The number of hydrogen-bond acceptors (Lipinski definition) is 7. The van der Waals surface area contributed by atoms with Gasteiger partial charge in [0.05, 0.1) is 20.5 Å². The highest BCUT2D eigenvalue weighted by Gasteiger charge is 2.39. The Morgan fingerprint density at radius 2 is 1.17 bits per heavy atom. The number of carbonyl (C=O) groups is 1. The number of rotatable bonds is 12. The Kier molecular flexibility index (Phi) is 10.2. The van der Waals surface area contributed by atoms with Gasteiger partial charge in [-0.1, -0.05) is 0 Å². The van der Waals surface area contributed by atoms with Crippen LogP contribution in [-0.2, 0) is 28.4 Å². The fraction of sp³-hybridized carbons (Fsp3) is 0.923. The zero-order valence-electron chi connectivity index (χ0n) is 16.0. The fourth-order valence-corrected chi connectivity index (χ4v) is 2.89. The van der Waals surface area contributed by atoms with Gasteiger partial charge >= 0.3 is 6.03 Å². The summed E-state index contributed by atoms with van der Waals surface area (Å²) >= 11 is 0. The van der Waals surface area contributed by atoms with Gasteiger partial charge in [0.25, 0.3) is 0 Å². The van der Waals surface area contributed by atoms with Crippen molar-refractivity contribution in [3.05, 3.63) is 0 Å². The fourth-order valence-electron chi connectivity index (χ4n) is 2.19. The van der Waals surface area contributed by atoms with Crippen LogP contribution < -0.4 is 5.73 Å². The van der Waals surface area contributed by atoms with Gasteiger partial charge in [0.1, 0.15) is 23.3 Å². The summed E-state index contributed by atoms with van der Waals surface area (Å²) in [6.07, 6.45) is -0.798. The number of nitrogens with zero attached hydrogens (tertiary/aromatic N) is 1. The Labute approximate surface area is 149 Å². The molecule has 0 radical (unpaired) electrons. The lowest BCUT2D eigenvalue weighted by Crippen LogP contribution is -2.57. The molecule has 2 amide bonds. The molecule has 0 aromatic heterocycles. The van der Waals surface area contributed by atoms with E-state index in [0.29, 0.717) is 33.3 Å². The molecule has 2 atom stereocenters. The standard InChI is InChI=1S/C13H32N2O7Si2/c1-17-9(7-12(23,19-3)20-4)15(11(14)16)10(18-2)8-13(24,21-5)22-6/h9-10H,7-8H2,1-6,23-24H3,(H2,14,16). The van der Waals surface area contributed by atoms with E-state index >= 15 is 0 Å². The highest BCUT2D eigenvalue weighted by molar-refractivity contribution is 6.13. The molecule has 0 saturated carbocycles. The number of urea groups is 1. The van der Waals surface area contributed by atoms with E-state index in [1.807, 2.05) is 0 Å². The van der Waals surface area contributed by atoms with Crippen molar-refractivity contribution < 1.29 is 33.2 Å². The van der Waals surface area contributed by atoms with Crippen LogP contribution in [0.15, 0.2) is 0 Å². The van der Waals surface area contributed by atoms with Gasteiger partial charge in [0, 0.05) is 55.5 Å². The summed E-state index contributed by atoms with van der Waals surface area (Å²) in [4.78, 5) is 13.4. The third-order valence-corrected chi connectivity index (χ3v) is 6.69.